The molecule has 3 atom stereocenters. The molecule has 148 valence electrons. The molecule has 2 aromatic rings. The third-order valence-electron chi connectivity index (χ3n) is 5.86. The maximum atomic E-state index is 12.8. The lowest BCUT2D eigenvalue weighted by Gasteiger charge is -2.39. The minimum absolute atomic E-state index is 0.131. The summed E-state index contributed by atoms with van der Waals surface area (Å²) in [6, 6.07) is 11.7. The number of anilines is 1. The van der Waals surface area contributed by atoms with Crippen molar-refractivity contribution in [1.29, 1.82) is 0 Å². The Hall–Kier alpha value is -2.60. The van der Waals surface area contributed by atoms with E-state index in [2.05, 4.69) is 17.0 Å². The zero-order valence-corrected chi connectivity index (χ0v) is 16.6. The van der Waals surface area contributed by atoms with Crippen molar-refractivity contribution in [3.63, 3.8) is 0 Å². The van der Waals surface area contributed by atoms with Crippen molar-refractivity contribution < 1.29 is 13.9 Å². The van der Waals surface area contributed by atoms with E-state index in [1.54, 1.807) is 6.92 Å². The molecule has 0 spiro atoms. The van der Waals surface area contributed by atoms with Gasteiger partial charge in [-0.2, -0.15) is 0 Å². The molecular weight excluding hydrogens is 356 g/mol. The molecule has 2 aliphatic rings. The number of rotatable bonds is 4. The van der Waals surface area contributed by atoms with E-state index in [4.69, 9.17) is 9.15 Å². The van der Waals surface area contributed by atoms with E-state index in [9.17, 15) is 9.59 Å². The summed E-state index contributed by atoms with van der Waals surface area (Å²) in [5, 5.41) is 0. The van der Waals surface area contributed by atoms with E-state index >= 15 is 0 Å². The Morgan fingerprint density at radius 1 is 1.29 bits per heavy atom. The summed E-state index contributed by atoms with van der Waals surface area (Å²) < 4.78 is 10.7. The average molecular weight is 382 g/mol. The predicted molar refractivity (Wildman–Crippen MR) is 106 cm³/mol. The monoisotopic (exact) mass is 382 g/mol. The maximum Gasteiger partial charge on any atom is 0.342 e. The number of ether oxygens (including phenoxy) is 1. The number of hydrogen-bond acceptors (Lipinski definition) is 6. The van der Waals surface area contributed by atoms with Crippen molar-refractivity contribution in [1.82, 2.24) is 4.90 Å². The Bertz CT molecular complexity index is 924. The first-order chi connectivity index (χ1) is 13.5. The molecule has 4 rings (SSSR count). The molecule has 1 aromatic carbocycles. The number of carbonyl (C=O) groups is 1. The van der Waals surface area contributed by atoms with Gasteiger partial charge in [0.1, 0.15) is 11.8 Å². The molecule has 1 saturated heterocycles. The number of hydrogen-bond donors (Lipinski definition) is 0. The van der Waals surface area contributed by atoms with Gasteiger partial charge >= 0.3 is 11.6 Å². The Morgan fingerprint density at radius 2 is 2.04 bits per heavy atom. The van der Waals surface area contributed by atoms with Gasteiger partial charge in [0, 0.05) is 25.2 Å². The summed E-state index contributed by atoms with van der Waals surface area (Å²) in [5.74, 6) is 0.552. The first-order valence-corrected chi connectivity index (χ1v) is 9.81. The average Bonchev–Trinajstić information content (AvgIpc) is 2.99. The summed E-state index contributed by atoms with van der Waals surface area (Å²) in [6.07, 6.45) is 0.679. The van der Waals surface area contributed by atoms with Gasteiger partial charge in [-0.3, -0.25) is 9.69 Å². The van der Waals surface area contributed by atoms with Gasteiger partial charge in [0.05, 0.1) is 17.9 Å². The molecule has 1 fully saturated rings. The van der Waals surface area contributed by atoms with Crippen LogP contribution in [0.15, 0.2) is 45.6 Å². The lowest BCUT2D eigenvalue weighted by Crippen LogP contribution is -2.42. The van der Waals surface area contributed by atoms with Crippen LogP contribution in [0.2, 0.25) is 0 Å². The van der Waals surface area contributed by atoms with Crippen LogP contribution in [0, 0.1) is 12.8 Å². The molecule has 0 bridgehead atoms. The molecule has 0 amide bonds. The topological polar surface area (TPSA) is 63.0 Å². The lowest BCUT2D eigenvalue weighted by atomic mass is 9.88. The van der Waals surface area contributed by atoms with E-state index in [0.717, 1.165) is 12.2 Å². The molecule has 28 heavy (non-hydrogen) atoms. The van der Waals surface area contributed by atoms with Crippen LogP contribution in [0.3, 0.4) is 0 Å². The second-order valence-electron chi connectivity index (χ2n) is 7.68. The highest BCUT2D eigenvalue weighted by Gasteiger charge is 2.49. The highest BCUT2D eigenvalue weighted by molar-refractivity contribution is 5.76. The summed E-state index contributed by atoms with van der Waals surface area (Å²) in [4.78, 5) is 29.5. The molecule has 0 aliphatic carbocycles. The van der Waals surface area contributed by atoms with Gasteiger partial charge < -0.3 is 14.1 Å². The summed E-state index contributed by atoms with van der Waals surface area (Å²) >= 11 is 0. The number of aryl methyl sites for hydroxylation is 1. The van der Waals surface area contributed by atoms with Gasteiger partial charge in [-0.05, 0) is 38.8 Å². The Labute approximate surface area is 164 Å². The quantitative estimate of drug-likeness (QED) is 0.758. The summed E-state index contributed by atoms with van der Waals surface area (Å²) in [6.45, 7) is 5.47. The van der Waals surface area contributed by atoms with Gasteiger partial charge in [0.25, 0.3) is 0 Å². The number of fused-ring (bicyclic) bond motifs is 3. The smallest absolute Gasteiger partial charge is 0.342 e. The van der Waals surface area contributed by atoms with Crippen molar-refractivity contribution in [2.45, 2.75) is 38.9 Å². The molecule has 2 aliphatic heterocycles. The van der Waals surface area contributed by atoms with Gasteiger partial charge in [-0.15, -0.1) is 0 Å². The second-order valence-corrected chi connectivity index (χ2v) is 7.68. The number of carbonyl (C=O) groups excluding carboxylic acids is 1. The van der Waals surface area contributed by atoms with E-state index in [0.29, 0.717) is 30.9 Å². The number of likely N-dealkylation sites (tertiary alicyclic amines) is 1. The van der Waals surface area contributed by atoms with Crippen LogP contribution in [-0.4, -0.2) is 37.1 Å². The fraction of sp³-hybridized carbons (Fsp3) is 0.455. The molecular formula is C22H26N2O4. The zero-order valence-electron chi connectivity index (χ0n) is 16.6. The van der Waals surface area contributed by atoms with Crippen LogP contribution in [0.4, 0.5) is 5.69 Å². The van der Waals surface area contributed by atoms with Crippen molar-refractivity contribution in [3.8, 4) is 0 Å². The fourth-order valence-electron chi connectivity index (χ4n) is 4.70. The highest BCUT2D eigenvalue weighted by atomic mass is 16.5. The number of esters is 1. The molecule has 0 N–H and O–H groups in total. The third-order valence-corrected chi connectivity index (χ3v) is 5.86. The van der Waals surface area contributed by atoms with Crippen molar-refractivity contribution in [2.75, 3.05) is 25.1 Å². The van der Waals surface area contributed by atoms with E-state index in [-0.39, 0.29) is 29.6 Å². The molecule has 1 aromatic heterocycles. The van der Waals surface area contributed by atoms with Crippen molar-refractivity contribution in [3.05, 3.63) is 63.7 Å². The van der Waals surface area contributed by atoms with E-state index in [1.807, 2.05) is 43.1 Å². The van der Waals surface area contributed by atoms with Crippen LogP contribution >= 0.6 is 0 Å². The van der Waals surface area contributed by atoms with E-state index in [1.165, 1.54) is 5.56 Å². The van der Waals surface area contributed by atoms with E-state index < -0.39 is 0 Å². The molecule has 0 saturated carbocycles. The first kappa shape index (κ1) is 18.7. The standard InChI is InChI=1S/C22H26N2O4/c1-4-27-21(25)18-11-16-13-24(12-15-8-6-5-7-9-15)17-10-14(2)28-22(26)19(17)20(16)23(18)3/h5-10,16,18,20H,4,11-13H2,1-3H3/t16-,18-,20-/m1/s1. The number of likely N-dealkylation sites (N-methyl/N-ethyl adjacent to an activating group) is 1. The third kappa shape index (κ3) is 3.22. The van der Waals surface area contributed by atoms with Crippen LogP contribution in [0.5, 0.6) is 0 Å². The Balaban J connectivity index is 1.73. The SMILES string of the molecule is CCOC(=O)[C@H]1C[C@@H]2CN(Cc3ccccc3)c3cc(C)oc(=O)c3[C@@H]2N1C. The second kappa shape index (κ2) is 7.43. The van der Waals surface area contributed by atoms with Gasteiger partial charge in [0.15, 0.2) is 0 Å². The number of nitrogens with zero attached hydrogens (tertiary/aromatic N) is 2. The minimum Gasteiger partial charge on any atom is -0.465 e. The Kier molecular flexibility index (Phi) is 4.98. The zero-order chi connectivity index (χ0) is 19.8. The van der Waals surface area contributed by atoms with Crippen LogP contribution in [-0.2, 0) is 16.1 Å². The predicted octanol–water partition coefficient (Wildman–Crippen LogP) is 2.89. The van der Waals surface area contributed by atoms with Gasteiger partial charge in [0.2, 0.25) is 0 Å². The van der Waals surface area contributed by atoms with Crippen LogP contribution in [0.25, 0.3) is 0 Å². The largest absolute Gasteiger partial charge is 0.465 e. The van der Waals surface area contributed by atoms with Crippen molar-refractivity contribution >= 4 is 11.7 Å². The minimum atomic E-state index is -0.333. The lowest BCUT2D eigenvalue weighted by molar-refractivity contribution is -0.148. The van der Waals surface area contributed by atoms with Gasteiger partial charge in [-0.25, -0.2) is 4.79 Å². The van der Waals surface area contributed by atoms with Crippen molar-refractivity contribution in [2.24, 2.45) is 5.92 Å². The fourth-order valence-corrected chi connectivity index (χ4v) is 4.70. The summed E-state index contributed by atoms with van der Waals surface area (Å²) in [7, 11) is 1.90. The molecule has 3 heterocycles. The molecule has 0 radical (unpaired) electrons. The normalized spacial score (nSPS) is 24.0. The number of benzene rings is 1. The molecule has 6 heteroatoms. The molecule has 0 unspecified atom stereocenters. The maximum absolute atomic E-state index is 12.8. The van der Waals surface area contributed by atoms with Gasteiger partial charge in [-0.1, -0.05) is 30.3 Å². The van der Waals surface area contributed by atoms with Crippen LogP contribution < -0.4 is 10.5 Å². The molecule has 6 nitrogen and oxygen atoms in total. The highest BCUT2D eigenvalue weighted by Crippen LogP contribution is 2.47. The van der Waals surface area contributed by atoms with Crippen LogP contribution in [0.1, 0.15) is 36.3 Å². The summed E-state index contributed by atoms with van der Waals surface area (Å²) in [5.41, 5.74) is 2.45. The first-order valence-electron chi connectivity index (χ1n) is 9.81. The Morgan fingerprint density at radius 3 is 2.75 bits per heavy atom.